The topological polar surface area (TPSA) is 105 Å². The van der Waals surface area contributed by atoms with Crippen molar-refractivity contribution in [2.45, 2.75) is 38.1 Å². The second kappa shape index (κ2) is 8.93. The number of rotatable bonds is 7. The number of nitrogens with two attached hydrogens (primary N) is 1. The van der Waals surface area contributed by atoms with Gasteiger partial charge in [0.2, 0.25) is 5.91 Å². The van der Waals surface area contributed by atoms with Gasteiger partial charge in [-0.2, -0.15) is 13.2 Å². The number of nitrogens with zero attached hydrogens (tertiary/aromatic N) is 1. The molecule has 28 heavy (non-hydrogen) atoms. The van der Waals surface area contributed by atoms with E-state index in [0.717, 1.165) is 11.0 Å². The third-order valence-electron chi connectivity index (χ3n) is 4.76. The SMILES string of the molecule is CNC(=O)C(CCCCN)N(C)C(=O)c1cc2c(c(C(F)(F)F)c1)COB2O. The zero-order valence-electron chi connectivity index (χ0n) is 15.7. The Bertz CT molecular complexity index is 745. The molecule has 7 nitrogen and oxygen atoms in total. The number of amides is 2. The lowest BCUT2D eigenvalue weighted by molar-refractivity contribution is -0.138. The summed E-state index contributed by atoms with van der Waals surface area (Å²) in [5.41, 5.74) is 3.87. The van der Waals surface area contributed by atoms with E-state index >= 15 is 0 Å². The number of carbonyl (C=O) groups is 2. The van der Waals surface area contributed by atoms with Crippen molar-refractivity contribution in [3.05, 3.63) is 28.8 Å². The molecule has 0 aromatic heterocycles. The summed E-state index contributed by atoms with van der Waals surface area (Å²) >= 11 is 0. The maximum Gasteiger partial charge on any atom is 0.491 e. The summed E-state index contributed by atoms with van der Waals surface area (Å²) in [5, 5.41) is 12.3. The van der Waals surface area contributed by atoms with Crippen LogP contribution in [0, 0.1) is 0 Å². The summed E-state index contributed by atoms with van der Waals surface area (Å²) in [6.45, 7) is 0.0331. The molecule has 1 aromatic rings. The second-order valence-corrected chi connectivity index (χ2v) is 6.58. The van der Waals surface area contributed by atoms with E-state index in [9.17, 15) is 27.8 Å². The highest BCUT2D eigenvalue weighted by Gasteiger charge is 2.41. The van der Waals surface area contributed by atoms with Crippen LogP contribution < -0.4 is 16.5 Å². The first kappa shape index (κ1) is 22.2. The third-order valence-corrected chi connectivity index (χ3v) is 4.76. The number of unbranched alkanes of at least 4 members (excludes halogenated alkanes) is 1. The van der Waals surface area contributed by atoms with Crippen molar-refractivity contribution in [1.29, 1.82) is 0 Å². The van der Waals surface area contributed by atoms with Crippen LogP contribution in [0.25, 0.3) is 0 Å². The van der Waals surface area contributed by atoms with E-state index in [1.807, 2.05) is 0 Å². The van der Waals surface area contributed by atoms with Crippen LogP contribution in [0.15, 0.2) is 12.1 Å². The van der Waals surface area contributed by atoms with Crippen LogP contribution in [0.3, 0.4) is 0 Å². The minimum atomic E-state index is -4.71. The molecule has 1 unspecified atom stereocenters. The fourth-order valence-corrected chi connectivity index (χ4v) is 3.20. The Morgan fingerprint density at radius 1 is 1.39 bits per heavy atom. The number of likely N-dealkylation sites (N-methyl/N-ethyl adjacent to an activating group) is 2. The first-order valence-electron chi connectivity index (χ1n) is 8.84. The minimum Gasteiger partial charge on any atom is -0.423 e. The zero-order chi connectivity index (χ0) is 21.1. The summed E-state index contributed by atoms with van der Waals surface area (Å²) in [5.74, 6) is -1.18. The molecule has 154 valence electrons. The molecule has 1 heterocycles. The standard InChI is InChI=1S/C17H23BF3N3O4/c1-23-15(25)14(5-3-4-6-22)24(2)16(26)10-7-12(17(19,20)21)11-9-28-18(27)13(11)8-10/h7-8,14,27H,3-6,9,22H2,1-2H3,(H,23,25). The number of hydrogen-bond acceptors (Lipinski definition) is 5. The molecule has 1 aliphatic heterocycles. The number of benzene rings is 1. The zero-order valence-corrected chi connectivity index (χ0v) is 15.7. The minimum absolute atomic E-state index is 0.0915. The predicted octanol–water partition coefficient (Wildman–Crippen LogP) is 0.239. The Hall–Kier alpha value is -2.11. The largest absolute Gasteiger partial charge is 0.491 e. The van der Waals surface area contributed by atoms with Gasteiger partial charge in [0.1, 0.15) is 6.04 Å². The summed E-state index contributed by atoms with van der Waals surface area (Å²) in [7, 11) is 1.24. The Balaban J connectivity index is 2.38. The maximum absolute atomic E-state index is 13.4. The van der Waals surface area contributed by atoms with E-state index in [-0.39, 0.29) is 16.6 Å². The van der Waals surface area contributed by atoms with Gasteiger partial charge in [-0.3, -0.25) is 9.59 Å². The van der Waals surface area contributed by atoms with Crippen molar-refractivity contribution in [2.75, 3.05) is 20.6 Å². The van der Waals surface area contributed by atoms with Gasteiger partial charge in [0.15, 0.2) is 0 Å². The van der Waals surface area contributed by atoms with Crippen LogP contribution in [-0.2, 0) is 22.2 Å². The molecule has 0 saturated carbocycles. The van der Waals surface area contributed by atoms with Gasteiger partial charge in [0.25, 0.3) is 5.91 Å². The van der Waals surface area contributed by atoms with Crippen LogP contribution in [0.5, 0.6) is 0 Å². The summed E-state index contributed by atoms with van der Waals surface area (Å²) in [6, 6.07) is 1.06. The molecule has 1 atom stereocenters. The summed E-state index contributed by atoms with van der Waals surface area (Å²) < 4.78 is 45.1. The van der Waals surface area contributed by atoms with Gasteiger partial charge in [-0.15, -0.1) is 0 Å². The first-order chi connectivity index (χ1) is 13.1. The average Bonchev–Trinajstić information content (AvgIpc) is 3.03. The van der Waals surface area contributed by atoms with E-state index in [4.69, 9.17) is 10.4 Å². The lowest BCUT2D eigenvalue weighted by Crippen LogP contribution is -2.47. The van der Waals surface area contributed by atoms with E-state index in [1.165, 1.54) is 20.2 Å². The maximum atomic E-state index is 13.4. The van der Waals surface area contributed by atoms with Gasteiger partial charge < -0.3 is 25.6 Å². The van der Waals surface area contributed by atoms with Crippen LogP contribution in [0.4, 0.5) is 13.2 Å². The fraction of sp³-hybridized carbons (Fsp3) is 0.529. The van der Waals surface area contributed by atoms with Gasteiger partial charge in [-0.05, 0) is 49.0 Å². The van der Waals surface area contributed by atoms with E-state index in [0.29, 0.717) is 25.8 Å². The summed E-state index contributed by atoms with van der Waals surface area (Å²) in [4.78, 5) is 26.1. The normalized spacial score (nSPS) is 14.6. The lowest BCUT2D eigenvalue weighted by atomic mass is 9.77. The number of hydrogen-bond donors (Lipinski definition) is 3. The summed E-state index contributed by atoms with van der Waals surface area (Å²) in [6.07, 6.45) is -3.16. The molecule has 0 saturated heterocycles. The fourth-order valence-electron chi connectivity index (χ4n) is 3.20. The highest BCUT2D eigenvalue weighted by molar-refractivity contribution is 6.61. The predicted molar refractivity (Wildman–Crippen MR) is 96.7 cm³/mol. The Labute approximate surface area is 161 Å². The van der Waals surface area contributed by atoms with Crippen LogP contribution in [-0.4, -0.2) is 55.5 Å². The quantitative estimate of drug-likeness (QED) is 0.449. The molecule has 2 rings (SSSR count). The third kappa shape index (κ3) is 4.65. The van der Waals surface area contributed by atoms with Gasteiger partial charge >= 0.3 is 13.3 Å². The number of fused-ring (bicyclic) bond motifs is 1. The molecule has 1 aliphatic rings. The van der Waals surface area contributed by atoms with E-state index in [1.54, 1.807) is 0 Å². The van der Waals surface area contributed by atoms with Crippen molar-refractivity contribution in [3.63, 3.8) is 0 Å². The number of carbonyl (C=O) groups excluding carboxylic acids is 2. The van der Waals surface area contributed by atoms with Crippen molar-refractivity contribution < 1.29 is 32.4 Å². The van der Waals surface area contributed by atoms with Crippen molar-refractivity contribution in [1.82, 2.24) is 10.2 Å². The number of halogens is 3. The van der Waals surface area contributed by atoms with Gasteiger partial charge in [0, 0.05) is 19.7 Å². The molecule has 1 aromatic carbocycles. The lowest BCUT2D eigenvalue weighted by Gasteiger charge is -2.27. The smallest absolute Gasteiger partial charge is 0.423 e. The van der Waals surface area contributed by atoms with Crippen LogP contribution in [0.2, 0.25) is 0 Å². The molecule has 11 heteroatoms. The second-order valence-electron chi connectivity index (χ2n) is 6.58. The van der Waals surface area contributed by atoms with Gasteiger partial charge in [0.05, 0.1) is 12.2 Å². The van der Waals surface area contributed by atoms with Crippen molar-refractivity contribution in [2.24, 2.45) is 5.73 Å². The van der Waals surface area contributed by atoms with Gasteiger partial charge in [-0.1, -0.05) is 0 Å². The first-order valence-corrected chi connectivity index (χ1v) is 8.84. The van der Waals surface area contributed by atoms with Crippen LogP contribution >= 0.6 is 0 Å². The number of alkyl halides is 3. The highest BCUT2D eigenvalue weighted by atomic mass is 19.4. The Kier molecular flexibility index (Phi) is 7.08. The average molecular weight is 401 g/mol. The van der Waals surface area contributed by atoms with E-state index < -0.39 is 43.3 Å². The van der Waals surface area contributed by atoms with Crippen LogP contribution in [0.1, 0.15) is 40.7 Å². The molecular weight excluding hydrogens is 378 g/mol. The monoisotopic (exact) mass is 401 g/mol. The number of nitrogens with one attached hydrogen (secondary N) is 1. The molecular formula is C17H23BF3N3O4. The van der Waals surface area contributed by atoms with Crippen molar-refractivity contribution >= 4 is 24.4 Å². The highest BCUT2D eigenvalue weighted by Crippen LogP contribution is 2.34. The van der Waals surface area contributed by atoms with Gasteiger partial charge in [-0.25, -0.2) is 0 Å². The van der Waals surface area contributed by atoms with E-state index in [2.05, 4.69) is 5.32 Å². The Morgan fingerprint density at radius 2 is 2.07 bits per heavy atom. The molecule has 0 fully saturated rings. The van der Waals surface area contributed by atoms with Crippen molar-refractivity contribution in [3.8, 4) is 0 Å². The molecule has 0 aliphatic carbocycles. The molecule has 2 amide bonds. The molecule has 4 N–H and O–H groups in total. The molecule has 0 radical (unpaired) electrons. The molecule has 0 bridgehead atoms. The molecule has 0 spiro atoms. The Morgan fingerprint density at radius 3 is 2.64 bits per heavy atom.